The highest BCUT2D eigenvalue weighted by atomic mass is 16.3. The van der Waals surface area contributed by atoms with Crippen LogP contribution < -0.4 is 5.73 Å². The topological polar surface area (TPSA) is 66.6 Å². The number of nitrogens with zero attached hydrogens (tertiary/aromatic N) is 1. The number of carbonyl (C=O) groups is 1. The van der Waals surface area contributed by atoms with Gasteiger partial charge in [0.25, 0.3) is 5.91 Å². The van der Waals surface area contributed by atoms with E-state index in [2.05, 4.69) is 13.8 Å². The third-order valence-electron chi connectivity index (χ3n) is 3.17. The van der Waals surface area contributed by atoms with E-state index in [4.69, 9.17) is 5.73 Å². The number of hydrogen-bond acceptors (Lipinski definition) is 3. The number of phenolic OH excluding ortho intramolecular Hbond substituents is 1. The lowest BCUT2D eigenvalue weighted by atomic mass is 10.0. The Morgan fingerprint density at radius 3 is 2.41 bits per heavy atom. The zero-order valence-electron chi connectivity index (χ0n) is 10.8. The molecule has 0 spiro atoms. The van der Waals surface area contributed by atoms with Crippen LogP contribution in [0.4, 0.5) is 5.69 Å². The van der Waals surface area contributed by atoms with E-state index in [1.54, 1.807) is 18.0 Å². The molecule has 4 heteroatoms. The van der Waals surface area contributed by atoms with E-state index in [0.29, 0.717) is 11.5 Å². The van der Waals surface area contributed by atoms with Crippen molar-refractivity contribution >= 4 is 11.6 Å². The van der Waals surface area contributed by atoms with Gasteiger partial charge in [0.15, 0.2) is 0 Å². The van der Waals surface area contributed by atoms with Crippen LogP contribution >= 0.6 is 0 Å². The molecule has 0 aromatic heterocycles. The van der Waals surface area contributed by atoms with Crippen molar-refractivity contribution in [1.29, 1.82) is 0 Å². The molecule has 1 unspecified atom stereocenters. The Labute approximate surface area is 102 Å². The summed E-state index contributed by atoms with van der Waals surface area (Å²) in [5.74, 6) is 0.217. The Bertz CT molecular complexity index is 416. The van der Waals surface area contributed by atoms with Gasteiger partial charge in [-0.25, -0.2) is 0 Å². The summed E-state index contributed by atoms with van der Waals surface area (Å²) in [6, 6.07) is 4.71. The zero-order chi connectivity index (χ0) is 13.2. The summed E-state index contributed by atoms with van der Waals surface area (Å²) in [7, 11) is 1.76. The predicted molar refractivity (Wildman–Crippen MR) is 68.9 cm³/mol. The molecule has 1 aromatic rings. The summed E-state index contributed by atoms with van der Waals surface area (Å²) in [5.41, 5.74) is 6.23. The van der Waals surface area contributed by atoms with E-state index >= 15 is 0 Å². The first-order valence-electron chi connectivity index (χ1n) is 5.70. The van der Waals surface area contributed by atoms with E-state index in [-0.39, 0.29) is 23.4 Å². The van der Waals surface area contributed by atoms with Crippen LogP contribution in [-0.2, 0) is 0 Å². The third kappa shape index (κ3) is 2.90. The molecule has 17 heavy (non-hydrogen) atoms. The molecule has 0 fully saturated rings. The number of aromatic hydroxyl groups is 1. The van der Waals surface area contributed by atoms with Crippen molar-refractivity contribution in [2.75, 3.05) is 12.8 Å². The van der Waals surface area contributed by atoms with Crippen molar-refractivity contribution in [3.05, 3.63) is 23.8 Å². The second-order valence-electron chi connectivity index (χ2n) is 4.67. The van der Waals surface area contributed by atoms with Gasteiger partial charge in [-0.2, -0.15) is 0 Å². The predicted octanol–water partition coefficient (Wildman–Crippen LogP) is 2.09. The largest absolute Gasteiger partial charge is 0.506 e. The molecule has 0 aliphatic rings. The Hall–Kier alpha value is -1.71. The highest BCUT2D eigenvalue weighted by Crippen LogP contribution is 2.22. The van der Waals surface area contributed by atoms with Crippen LogP contribution in [0.5, 0.6) is 5.75 Å². The highest BCUT2D eigenvalue weighted by molar-refractivity contribution is 5.95. The summed E-state index contributed by atoms with van der Waals surface area (Å²) in [4.78, 5) is 13.8. The maximum Gasteiger partial charge on any atom is 0.253 e. The number of phenols is 1. The Morgan fingerprint density at radius 1 is 1.35 bits per heavy atom. The minimum atomic E-state index is -0.110. The minimum Gasteiger partial charge on any atom is -0.506 e. The molecule has 0 bridgehead atoms. The number of anilines is 1. The van der Waals surface area contributed by atoms with E-state index < -0.39 is 0 Å². The second-order valence-corrected chi connectivity index (χ2v) is 4.67. The summed E-state index contributed by atoms with van der Waals surface area (Å²) in [6.45, 7) is 6.13. The van der Waals surface area contributed by atoms with Gasteiger partial charge in [-0.15, -0.1) is 0 Å². The number of hydrogen-bond donors (Lipinski definition) is 2. The number of nitrogens with two attached hydrogens (primary N) is 1. The average molecular weight is 236 g/mol. The van der Waals surface area contributed by atoms with Crippen molar-refractivity contribution in [2.24, 2.45) is 5.92 Å². The summed E-state index contributed by atoms with van der Waals surface area (Å²) in [5, 5.41) is 9.48. The number of benzene rings is 1. The van der Waals surface area contributed by atoms with Crippen LogP contribution in [0.3, 0.4) is 0 Å². The van der Waals surface area contributed by atoms with Gasteiger partial charge < -0.3 is 15.7 Å². The molecule has 0 aliphatic carbocycles. The van der Waals surface area contributed by atoms with Crippen LogP contribution in [0.1, 0.15) is 31.1 Å². The molecule has 0 saturated carbocycles. The van der Waals surface area contributed by atoms with Crippen LogP contribution in [0.25, 0.3) is 0 Å². The Balaban J connectivity index is 2.92. The first kappa shape index (κ1) is 13.4. The zero-order valence-corrected chi connectivity index (χ0v) is 10.8. The van der Waals surface area contributed by atoms with Gasteiger partial charge in [0.2, 0.25) is 0 Å². The molecular formula is C13H20N2O2. The van der Waals surface area contributed by atoms with Crippen molar-refractivity contribution < 1.29 is 9.90 Å². The molecule has 1 aromatic carbocycles. The van der Waals surface area contributed by atoms with Gasteiger partial charge in [0.05, 0.1) is 5.69 Å². The van der Waals surface area contributed by atoms with E-state index in [9.17, 15) is 9.90 Å². The van der Waals surface area contributed by atoms with Crippen molar-refractivity contribution in [2.45, 2.75) is 26.8 Å². The molecule has 1 rings (SSSR count). The first-order chi connectivity index (χ1) is 7.84. The molecular weight excluding hydrogens is 216 g/mol. The molecule has 1 amide bonds. The first-order valence-corrected chi connectivity index (χ1v) is 5.70. The van der Waals surface area contributed by atoms with Gasteiger partial charge in [0.1, 0.15) is 5.75 Å². The maximum atomic E-state index is 12.1. The average Bonchev–Trinajstić information content (AvgIpc) is 2.29. The molecule has 3 N–H and O–H groups in total. The fourth-order valence-corrected chi connectivity index (χ4v) is 1.51. The van der Waals surface area contributed by atoms with Crippen LogP contribution in [0.2, 0.25) is 0 Å². The van der Waals surface area contributed by atoms with Gasteiger partial charge in [-0.05, 0) is 31.0 Å². The summed E-state index contributed by atoms with van der Waals surface area (Å²) < 4.78 is 0. The van der Waals surface area contributed by atoms with Crippen LogP contribution in [-0.4, -0.2) is 29.0 Å². The lowest BCUT2D eigenvalue weighted by Gasteiger charge is -2.28. The molecule has 0 aliphatic heterocycles. The van der Waals surface area contributed by atoms with Crippen LogP contribution in [0, 0.1) is 5.92 Å². The maximum absolute atomic E-state index is 12.1. The second kappa shape index (κ2) is 5.08. The Kier molecular flexibility index (Phi) is 3.99. The monoisotopic (exact) mass is 236 g/mol. The third-order valence-corrected chi connectivity index (χ3v) is 3.17. The van der Waals surface area contributed by atoms with Crippen LogP contribution in [0.15, 0.2) is 18.2 Å². The van der Waals surface area contributed by atoms with Gasteiger partial charge in [-0.3, -0.25) is 4.79 Å². The smallest absolute Gasteiger partial charge is 0.253 e. The van der Waals surface area contributed by atoms with E-state index in [1.165, 1.54) is 12.1 Å². The van der Waals surface area contributed by atoms with Gasteiger partial charge >= 0.3 is 0 Å². The van der Waals surface area contributed by atoms with Crippen molar-refractivity contribution in [3.63, 3.8) is 0 Å². The Morgan fingerprint density at radius 2 is 1.94 bits per heavy atom. The molecule has 0 saturated heterocycles. The van der Waals surface area contributed by atoms with Crippen molar-refractivity contribution in [1.82, 2.24) is 4.90 Å². The molecule has 0 radical (unpaired) electrons. The fourth-order valence-electron chi connectivity index (χ4n) is 1.51. The molecule has 94 valence electrons. The summed E-state index contributed by atoms with van der Waals surface area (Å²) >= 11 is 0. The van der Waals surface area contributed by atoms with Gasteiger partial charge in [0, 0.05) is 18.7 Å². The minimum absolute atomic E-state index is 0.0542. The molecule has 4 nitrogen and oxygen atoms in total. The number of rotatable bonds is 3. The SMILES string of the molecule is CC(C)C(C)N(C)C(=O)c1ccc(N)c(O)c1. The highest BCUT2D eigenvalue weighted by Gasteiger charge is 2.20. The number of nitrogen functional groups attached to an aromatic ring is 1. The van der Waals surface area contributed by atoms with Gasteiger partial charge in [-0.1, -0.05) is 13.8 Å². The molecule has 1 atom stereocenters. The summed E-state index contributed by atoms with van der Waals surface area (Å²) in [6.07, 6.45) is 0. The molecule has 0 heterocycles. The fraction of sp³-hybridized carbons (Fsp3) is 0.462. The quantitative estimate of drug-likeness (QED) is 0.624. The normalized spacial score (nSPS) is 12.5. The number of amides is 1. The van der Waals surface area contributed by atoms with E-state index in [0.717, 1.165) is 0 Å². The lowest BCUT2D eigenvalue weighted by Crippen LogP contribution is -2.38. The number of carbonyl (C=O) groups excluding carboxylic acids is 1. The van der Waals surface area contributed by atoms with E-state index in [1.807, 2.05) is 6.92 Å². The lowest BCUT2D eigenvalue weighted by molar-refractivity contribution is 0.0707. The van der Waals surface area contributed by atoms with Crippen molar-refractivity contribution in [3.8, 4) is 5.75 Å². The standard InChI is InChI=1S/C13H20N2O2/c1-8(2)9(3)15(4)13(17)10-5-6-11(14)12(16)7-10/h5-9,16H,14H2,1-4H3.